The highest BCUT2D eigenvalue weighted by Crippen LogP contribution is 2.22. The third-order valence-electron chi connectivity index (χ3n) is 4.64. The number of esters is 1. The van der Waals surface area contributed by atoms with Crippen molar-refractivity contribution in [2.75, 3.05) is 6.61 Å². The zero-order valence-electron chi connectivity index (χ0n) is 17.2. The third-order valence-corrected chi connectivity index (χ3v) is 6.60. The van der Waals surface area contributed by atoms with Gasteiger partial charge in [-0.05, 0) is 37.3 Å². The molecule has 4 rings (SSSR count). The second-order valence-electron chi connectivity index (χ2n) is 6.85. The number of aromatic nitrogens is 1. The number of benzene rings is 2. The first kappa shape index (κ1) is 22.6. The van der Waals surface area contributed by atoms with E-state index in [1.165, 1.54) is 28.8 Å². The lowest BCUT2D eigenvalue weighted by atomic mass is 10.2. The molecule has 1 amide bonds. The molecule has 2 aromatic carbocycles. The number of fused-ring (bicyclic) bond motifs is 2. The molecule has 4 aromatic rings. The zero-order valence-corrected chi connectivity index (χ0v) is 18.8. The number of amides is 1. The maximum absolute atomic E-state index is 12.9. The highest BCUT2D eigenvalue weighted by atomic mass is 32.2. The smallest absolute Gasteiger partial charge is 0.349 e. The number of thiazole rings is 1. The molecule has 0 aliphatic carbocycles. The molecule has 33 heavy (non-hydrogen) atoms. The van der Waals surface area contributed by atoms with Crippen LogP contribution in [0.4, 0.5) is 0 Å². The standard InChI is InChI=1S/C21H17N3O7S2/c1-2-30-18(25)11-24-15-8-7-13(33(22,28)29)10-17(15)32-21(24)23-19(26)14-9-12-5-3-4-6-16(12)31-20(14)27/h3-10H,2,11H2,1H3,(H2,22,28,29). The van der Waals surface area contributed by atoms with Gasteiger partial charge in [-0.2, -0.15) is 4.99 Å². The van der Waals surface area contributed by atoms with Gasteiger partial charge in [0.25, 0.3) is 5.91 Å². The van der Waals surface area contributed by atoms with Crippen LogP contribution >= 0.6 is 11.3 Å². The fraction of sp³-hybridized carbons (Fsp3) is 0.143. The summed E-state index contributed by atoms with van der Waals surface area (Å²) in [7, 11) is -3.97. The van der Waals surface area contributed by atoms with E-state index in [-0.39, 0.29) is 28.4 Å². The molecule has 0 aliphatic rings. The van der Waals surface area contributed by atoms with Crippen molar-refractivity contribution in [3.8, 4) is 0 Å². The van der Waals surface area contributed by atoms with E-state index in [4.69, 9.17) is 14.3 Å². The number of hydrogen-bond donors (Lipinski definition) is 1. The predicted molar refractivity (Wildman–Crippen MR) is 120 cm³/mol. The predicted octanol–water partition coefficient (Wildman–Crippen LogP) is 1.76. The molecule has 10 nitrogen and oxygen atoms in total. The minimum Gasteiger partial charge on any atom is -0.465 e. The molecule has 12 heteroatoms. The maximum atomic E-state index is 12.9. The van der Waals surface area contributed by atoms with Crippen LogP contribution in [0.15, 0.2) is 67.6 Å². The van der Waals surface area contributed by atoms with Gasteiger partial charge in [-0.1, -0.05) is 29.5 Å². The molecule has 0 bridgehead atoms. The van der Waals surface area contributed by atoms with Gasteiger partial charge < -0.3 is 13.7 Å². The molecule has 0 aliphatic heterocycles. The first-order valence-corrected chi connectivity index (χ1v) is 12.0. The fourth-order valence-electron chi connectivity index (χ4n) is 3.16. The molecule has 0 unspecified atom stereocenters. The van der Waals surface area contributed by atoms with E-state index in [0.717, 1.165) is 11.3 Å². The molecule has 0 atom stereocenters. The van der Waals surface area contributed by atoms with Gasteiger partial charge >= 0.3 is 11.6 Å². The van der Waals surface area contributed by atoms with Crippen LogP contribution in [0, 0.1) is 0 Å². The lowest BCUT2D eigenvalue weighted by Gasteiger charge is -2.05. The van der Waals surface area contributed by atoms with Gasteiger partial charge in [0.1, 0.15) is 17.7 Å². The Morgan fingerprint density at radius 3 is 2.67 bits per heavy atom. The van der Waals surface area contributed by atoms with E-state index in [1.54, 1.807) is 31.2 Å². The van der Waals surface area contributed by atoms with E-state index in [2.05, 4.69) is 4.99 Å². The number of ether oxygens (including phenoxy) is 1. The Morgan fingerprint density at radius 2 is 1.94 bits per heavy atom. The largest absolute Gasteiger partial charge is 0.465 e. The summed E-state index contributed by atoms with van der Waals surface area (Å²) in [6.07, 6.45) is 0. The van der Waals surface area contributed by atoms with Crippen LogP contribution in [-0.2, 0) is 26.1 Å². The first-order chi connectivity index (χ1) is 15.7. The van der Waals surface area contributed by atoms with Gasteiger partial charge in [0, 0.05) is 5.39 Å². The van der Waals surface area contributed by atoms with Crippen molar-refractivity contribution in [1.29, 1.82) is 0 Å². The van der Waals surface area contributed by atoms with Crippen molar-refractivity contribution in [3.05, 3.63) is 69.3 Å². The van der Waals surface area contributed by atoms with Crippen LogP contribution in [0.2, 0.25) is 0 Å². The Hall–Kier alpha value is -3.61. The Balaban J connectivity index is 1.89. The maximum Gasteiger partial charge on any atom is 0.349 e. The molecule has 170 valence electrons. The molecule has 0 spiro atoms. The summed E-state index contributed by atoms with van der Waals surface area (Å²) in [5.41, 5.74) is -0.359. The fourth-order valence-corrected chi connectivity index (χ4v) is 4.84. The monoisotopic (exact) mass is 487 g/mol. The molecule has 0 saturated heterocycles. The van der Waals surface area contributed by atoms with Crippen LogP contribution in [0.3, 0.4) is 0 Å². The summed E-state index contributed by atoms with van der Waals surface area (Å²) in [6, 6.07) is 12.2. The number of nitrogens with two attached hydrogens (primary N) is 1. The van der Waals surface area contributed by atoms with Gasteiger partial charge in [-0.25, -0.2) is 18.4 Å². The second kappa shape index (κ2) is 8.73. The quantitative estimate of drug-likeness (QED) is 0.333. The minimum absolute atomic E-state index is 0.0715. The van der Waals surface area contributed by atoms with Gasteiger partial charge in [0.05, 0.1) is 21.7 Å². The van der Waals surface area contributed by atoms with Crippen molar-refractivity contribution < 1.29 is 27.2 Å². The Labute approximate surface area is 190 Å². The zero-order chi connectivity index (χ0) is 23.8. The molecule has 2 heterocycles. The van der Waals surface area contributed by atoms with Crippen molar-refractivity contribution >= 4 is 54.4 Å². The lowest BCUT2D eigenvalue weighted by molar-refractivity contribution is -0.143. The molecule has 0 fully saturated rings. The summed E-state index contributed by atoms with van der Waals surface area (Å²) in [5.74, 6) is -1.45. The van der Waals surface area contributed by atoms with Gasteiger partial charge in [-0.15, -0.1) is 0 Å². The lowest BCUT2D eigenvalue weighted by Crippen LogP contribution is -2.24. The SMILES string of the molecule is CCOC(=O)Cn1c(=NC(=O)c2cc3ccccc3oc2=O)sc2cc(S(N)(=O)=O)ccc21. The van der Waals surface area contributed by atoms with Crippen LogP contribution in [0.1, 0.15) is 17.3 Å². The van der Waals surface area contributed by atoms with E-state index >= 15 is 0 Å². The molecular weight excluding hydrogens is 470 g/mol. The molecule has 0 saturated carbocycles. The van der Waals surface area contributed by atoms with Crippen LogP contribution < -0.4 is 15.6 Å². The number of nitrogens with zero attached hydrogens (tertiary/aromatic N) is 2. The van der Waals surface area contributed by atoms with Crippen molar-refractivity contribution in [2.24, 2.45) is 10.1 Å². The average Bonchev–Trinajstić information content (AvgIpc) is 3.08. The highest BCUT2D eigenvalue weighted by Gasteiger charge is 2.18. The number of carbonyl (C=O) groups is 2. The van der Waals surface area contributed by atoms with Crippen LogP contribution in [0.25, 0.3) is 21.2 Å². The molecule has 0 radical (unpaired) electrons. The summed E-state index contributed by atoms with van der Waals surface area (Å²) in [4.78, 5) is 41.3. The summed E-state index contributed by atoms with van der Waals surface area (Å²) >= 11 is 0.962. The Kier molecular flexibility index (Phi) is 5.97. The van der Waals surface area contributed by atoms with Crippen molar-refractivity contribution in [3.63, 3.8) is 0 Å². The Bertz CT molecular complexity index is 1650. The highest BCUT2D eigenvalue weighted by molar-refractivity contribution is 7.89. The molecule has 2 aromatic heterocycles. The topological polar surface area (TPSA) is 151 Å². The summed E-state index contributed by atoms with van der Waals surface area (Å²) in [6.45, 7) is 1.53. The van der Waals surface area contributed by atoms with Gasteiger partial charge in [0.2, 0.25) is 10.0 Å². The number of primary sulfonamides is 1. The molecule has 2 N–H and O–H groups in total. The van der Waals surface area contributed by atoms with E-state index < -0.39 is 27.5 Å². The summed E-state index contributed by atoms with van der Waals surface area (Å²) < 4.78 is 35.4. The van der Waals surface area contributed by atoms with E-state index in [0.29, 0.717) is 21.2 Å². The average molecular weight is 488 g/mol. The van der Waals surface area contributed by atoms with Crippen LogP contribution in [0.5, 0.6) is 0 Å². The van der Waals surface area contributed by atoms with Crippen LogP contribution in [-0.4, -0.2) is 31.5 Å². The number of para-hydroxylation sites is 1. The number of rotatable bonds is 5. The van der Waals surface area contributed by atoms with Gasteiger partial charge in [0.15, 0.2) is 4.80 Å². The number of hydrogen-bond acceptors (Lipinski definition) is 8. The molecular formula is C21H17N3O7S2. The van der Waals surface area contributed by atoms with Crippen molar-refractivity contribution in [1.82, 2.24) is 4.57 Å². The minimum atomic E-state index is -3.97. The van der Waals surface area contributed by atoms with Crippen molar-refractivity contribution in [2.45, 2.75) is 18.4 Å². The van der Waals surface area contributed by atoms with E-state index in [9.17, 15) is 22.8 Å². The normalized spacial score (nSPS) is 12.4. The van der Waals surface area contributed by atoms with E-state index in [1.807, 2.05) is 0 Å². The number of sulfonamides is 1. The van der Waals surface area contributed by atoms with Gasteiger partial charge in [-0.3, -0.25) is 9.59 Å². The number of carbonyl (C=O) groups excluding carboxylic acids is 2. The third kappa shape index (κ3) is 4.62. The Morgan fingerprint density at radius 1 is 1.18 bits per heavy atom. The second-order valence-corrected chi connectivity index (χ2v) is 9.42. The summed E-state index contributed by atoms with van der Waals surface area (Å²) in [5, 5.41) is 5.75. The first-order valence-electron chi connectivity index (χ1n) is 9.61.